The van der Waals surface area contributed by atoms with Crippen molar-refractivity contribution in [1.82, 2.24) is 14.5 Å². The first-order valence-electron chi connectivity index (χ1n) is 12.3. The number of methoxy groups -OCH3 is 1. The lowest BCUT2D eigenvalue weighted by Crippen LogP contribution is -2.28. The molecule has 0 aliphatic heterocycles. The predicted molar refractivity (Wildman–Crippen MR) is 139 cm³/mol. The molecule has 0 atom stereocenters. The Bertz CT molecular complexity index is 1470. The van der Waals surface area contributed by atoms with Crippen molar-refractivity contribution in [3.63, 3.8) is 0 Å². The van der Waals surface area contributed by atoms with E-state index in [0.717, 1.165) is 30.4 Å². The van der Waals surface area contributed by atoms with Gasteiger partial charge >= 0.3 is 5.97 Å². The summed E-state index contributed by atoms with van der Waals surface area (Å²) >= 11 is 0. The third kappa shape index (κ3) is 6.44. The highest BCUT2D eigenvalue weighted by Gasteiger charge is 2.27. The van der Waals surface area contributed by atoms with Gasteiger partial charge in [0, 0.05) is 30.8 Å². The minimum absolute atomic E-state index is 0.0212. The van der Waals surface area contributed by atoms with Crippen LogP contribution in [-0.4, -0.2) is 55.4 Å². The number of benzene rings is 2. The fourth-order valence-electron chi connectivity index (χ4n) is 4.33. The van der Waals surface area contributed by atoms with Crippen molar-refractivity contribution < 1.29 is 37.0 Å². The number of anilines is 1. The molecule has 1 saturated carbocycles. The molecule has 0 bridgehead atoms. The number of amides is 1. The molecule has 1 aliphatic carbocycles. The van der Waals surface area contributed by atoms with Crippen molar-refractivity contribution in [2.24, 2.45) is 5.92 Å². The lowest BCUT2D eigenvalue weighted by Gasteiger charge is -2.16. The number of carboxylic acid groups (broad SMARTS) is 1. The Balaban J connectivity index is 1.76. The first-order valence-corrected chi connectivity index (χ1v) is 13.8. The fraction of sp³-hybridized carbons (Fsp3) is 0.346. The molecule has 3 N–H and O–H groups in total. The maximum atomic E-state index is 13.5. The summed E-state index contributed by atoms with van der Waals surface area (Å²) in [6.07, 6.45) is 3.48. The van der Waals surface area contributed by atoms with Crippen LogP contribution < -0.4 is 14.8 Å². The number of sulfonamides is 1. The van der Waals surface area contributed by atoms with Crippen LogP contribution in [0.5, 0.6) is 11.6 Å². The van der Waals surface area contributed by atoms with Gasteiger partial charge in [-0.25, -0.2) is 22.3 Å². The number of aromatic nitrogens is 2. The number of hydrogen-bond donors (Lipinski definition) is 3. The number of nitrogens with zero attached hydrogens (tertiary/aromatic N) is 2. The third-order valence-electron chi connectivity index (χ3n) is 6.37. The second-order valence-corrected chi connectivity index (χ2v) is 10.8. The van der Waals surface area contributed by atoms with Crippen molar-refractivity contribution in [2.75, 3.05) is 25.6 Å². The first kappa shape index (κ1) is 28.2. The predicted octanol–water partition coefficient (Wildman–Crippen LogP) is 3.86. The summed E-state index contributed by atoms with van der Waals surface area (Å²) in [6.45, 7) is 1.56. The van der Waals surface area contributed by atoms with Crippen LogP contribution in [0.4, 0.5) is 10.1 Å². The van der Waals surface area contributed by atoms with Gasteiger partial charge < -0.3 is 19.9 Å². The zero-order valence-electron chi connectivity index (χ0n) is 21.4. The zero-order chi connectivity index (χ0) is 28.2. The number of halogens is 1. The molecule has 208 valence electrons. The van der Waals surface area contributed by atoms with Gasteiger partial charge in [0.05, 0.1) is 12.3 Å². The summed E-state index contributed by atoms with van der Waals surface area (Å²) in [5.74, 6) is -2.36. The molecule has 13 heteroatoms. The molecule has 4 rings (SSSR count). The molecule has 1 fully saturated rings. The highest BCUT2D eigenvalue weighted by molar-refractivity contribution is 7.89. The van der Waals surface area contributed by atoms with Gasteiger partial charge in [0.1, 0.15) is 16.5 Å². The lowest BCUT2D eigenvalue weighted by atomic mass is 10.1. The van der Waals surface area contributed by atoms with E-state index in [1.165, 1.54) is 56.5 Å². The molecule has 1 amide bonds. The van der Waals surface area contributed by atoms with E-state index >= 15 is 0 Å². The summed E-state index contributed by atoms with van der Waals surface area (Å²) in [7, 11) is -2.74. The third-order valence-corrected chi connectivity index (χ3v) is 7.86. The van der Waals surface area contributed by atoms with Crippen LogP contribution in [0.1, 0.15) is 41.7 Å². The summed E-state index contributed by atoms with van der Waals surface area (Å²) < 4.78 is 54.6. The second-order valence-electron chi connectivity index (χ2n) is 9.10. The topological polar surface area (TPSA) is 149 Å². The Labute approximate surface area is 225 Å². The van der Waals surface area contributed by atoms with E-state index < -0.39 is 21.8 Å². The molecule has 1 aliphatic rings. The smallest absolute Gasteiger partial charge is 0.356 e. The molecule has 11 nitrogen and oxygen atoms in total. The van der Waals surface area contributed by atoms with E-state index in [-0.39, 0.29) is 58.4 Å². The maximum absolute atomic E-state index is 13.5. The van der Waals surface area contributed by atoms with Gasteiger partial charge in [0.2, 0.25) is 21.8 Å². The molecule has 1 heterocycles. The van der Waals surface area contributed by atoms with E-state index in [9.17, 15) is 27.5 Å². The first-order chi connectivity index (χ1) is 18.6. The molecule has 0 radical (unpaired) electrons. The average Bonchev–Trinajstić information content (AvgIpc) is 3.55. The summed E-state index contributed by atoms with van der Waals surface area (Å²) in [5, 5.41) is 16.5. The number of carbonyl (C=O) groups is 2. The Kier molecular flexibility index (Phi) is 8.63. The fourth-order valence-corrected chi connectivity index (χ4v) is 5.50. The quantitative estimate of drug-likeness (QED) is 0.299. The minimum Gasteiger partial charge on any atom is -0.476 e. The number of carboxylic acids is 1. The number of aromatic carboxylic acids is 1. The largest absolute Gasteiger partial charge is 0.476 e. The van der Waals surface area contributed by atoms with Gasteiger partial charge in [-0.2, -0.15) is 9.78 Å². The van der Waals surface area contributed by atoms with Crippen molar-refractivity contribution in [2.45, 2.75) is 37.5 Å². The van der Waals surface area contributed by atoms with Gasteiger partial charge in [0.25, 0.3) is 0 Å². The number of nitrogens with one attached hydrogen (secondary N) is 2. The second kappa shape index (κ2) is 11.9. The van der Waals surface area contributed by atoms with Crippen LogP contribution in [-0.2, 0) is 19.6 Å². The van der Waals surface area contributed by atoms with E-state index in [4.69, 9.17) is 9.47 Å². The lowest BCUT2D eigenvalue weighted by molar-refractivity contribution is -0.119. The zero-order valence-corrected chi connectivity index (χ0v) is 22.3. The molecule has 0 saturated heterocycles. The highest BCUT2D eigenvalue weighted by atomic mass is 32.2. The van der Waals surface area contributed by atoms with Crippen LogP contribution in [0.25, 0.3) is 5.69 Å². The van der Waals surface area contributed by atoms with Crippen molar-refractivity contribution in [3.8, 4) is 17.3 Å². The van der Waals surface area contributed by atoms with Crippen molar-refractivity contribution in [3.05, 3.63) is 59.5 Å². The van der Waals surface area contributed by atoms with Crippen LogP contribution in [0, 0.1) is 18.7 Å². The standard InChI is InChI=1S/C26H29FN4O7S/c1-16-23(26(33)34)30-31(20-10-7-18(27)8-11-20)25(16)38-21-12-9-19(29-24(32)17-5-3-4-6-17)15-22(21)39(35,36)28-13-14-37-2/h7-12,15,17,28H,3-6,13-14H2,1-2H3,(H,29,32)(H,33,34). The molecular weight excluding hydrogens is 531 g/mol. The van der Waals surface area contributed by atoms with Crippen molar-refractivity contribution >= 4 is 27.6 Å². The molecular formula is C26H29FN4O7S. The summed E-state index contributed by atoms with van der Waals surface area (Å²) in [4.78, 5) is 24.2. The Morgan fingerprint density at radius 3 is 2.49 bits per heavy atom. The van der Waals surface area contributed by atoms with Crippen LogP contribution >= 0.6 is 0 Å². The number of ether oxygens (including phenoxy) is 2. The highest BCUT2D eigenvalue weighted by Crippen LogP contribution is 2.36. The minimum atomic E-state index is -4.17. The van der Waals surface area contributed by atoms with Crippen molar-refractivity contribution in [1.29, 1.82) is 0 Å². The molecule has 0 spiro atoms. The Hall–Kier alpha value is -3.81. The van der Waals surface area contributed by atoms with Gasteiger partial charge in [-0.1, -0.05) is 12.8 Å². The van der Waals surface area contributed by atoms with E-state index in [1.54, 1.807) is 0 Å². The number of hydrogen-bond acceptors (Lipinski definition) is 7. The monoisotopic (exact) mass is 560 g/mol. The number of rotatable bonds is 11. The SMILES string of the molecule is COCCNS(=O)(=O)c1cc(NC(=O)C2CCCC2)ccc1Oc1c(C)c(C(=O)O)nn1-c1ccc(F)cc1. The van der Waals surface area contributed by atoms with Gasteiger partial charge in [-0.15, -0.1) is 0 Å². The van der Waals surface area contributed by atoms with E-state index in [2.05, 4.69) is 15.1 Å². The maximum Gasteiger partial charge on any atom is 0.356 e. The van der Waals surface area contributed by atoms with Crippen LogP contribution in [0.2, 0.25) is 0 Å². The molecule has 2 aromatic carbocycles. The van der Waals surface area contributed by atoms with Crippen LogP contribution in [0.3, 0.4) is 0 Å². The Morgan fingerprint density at radius 1 is 1.15 bits per heavy atom. The van der Waals surface area contributed by atoms with E-state index in [0.29, 0.717) is 5.69 Å². The summed E-state index contributed by atoms with van der Waals surface area (Å²) in [5.41, 5.74) is 0.366. The van der Waals surface area contributed by atoms with Gasteiger partial charge in [-0.3, -0.25) is 4.79 Å². The summed E-state index contributed by atoms with van der Waals surface area (Å²) in [6, 6.07) is 9.27. The number of carbonyl (C=O) groups excluding carboxylic acids is 1. The van der Waals surface area contributed by atoms with E-state index in [1.807, 2.05) is 0 Å². The molecule has 3 aromatic rings. The molecule has 39 heavy (non-hydrogen) atoms. The Morgan fingerprint density at radius 2 is 1.85 bits per heavy atom. The van der Waals surface area contributed by atoms with Crippen LogP contribution in [0.15, 0.2) is 47.4 Å². The molecule has 0 unspecified atom stereocenters. The average molecular weight is 561 g/mol. The van der Waals surface area contributed by atoms with Gasteiger partial charge in [0.15, 0.2) is 5.69 Å². The molecule has 1 aromatic heterocycles. The normalized spacial score (nSPS) is 13.9. The van der Waals surface area contributed by atoms with Gasteiger partial charge in [-0.05, 0) is 62.2 Å².